The van der Waals surface area contributed by atoms with E-state index in [0.717, 1.165) is 5.39 Å². The molecular formula is C18H16N2O3. The fourth-order valence-electron chi connectivity index (χ4n) is 2.27. The largest absolute Gasteiger partial charge is 0.494 e. The fourth-order valence-corrected chi connectivity index (χ4v) is 2.27. The number of para-hydroxylation sites is 1. The summed E-state index contributed by atoms with van der Waals surface area (Å²) in [5, 5.41) is 3.67. The molecule has 1 N–H and O–H groups in total. The predicted octanol–water partition coefficient (Wildman–Crippen LogP) is 3.26. The maximum atomic E-state index is 12.1. The normalized spacial score (nSPS) is 10.3. The van der Waals surface area contributed by atoms with E-state index in [4.69, 9.17) is 9.47 Å². The van der Waals surface area contributed by atoms with Crippen LogP contribution in [0, 0.1) is 0 Å². The number of ether oxygens (including phenoxy) is 2. The van der Waals surface area contributed by atoms with E-state index in [9.17, 15) is 4.79 Å². The third kappa shape index (κ3) is 3.40. The third-order valence-electron chi connectivity index (χ3n) is 3.34. The molecule has 0 unspecified atom stereocenters. The second-order valence-corrected chi connectivity index (χ2v) is 4.86. The van der Waals surface area contributed by atoms with E-state index < -0.39 is 0 Å². The average molecular weight is 308 g/mol. The molecule has 0 atom stereocenters. The van der Waals surface area contributed by atoms with Crippen molar-refractivity contribution in [2.24, 2.45) is 0 Å². The summed E-state index contributed by atoms with van der Waals surface area (Å²) in [5.74, 6) is 1.09. The number of hydrogen-bond donors (Lipinski definition) is 1. The molecule has 5 heteroatoms. The van der Waals surface area contributed by atoms with Gasteiger partial charge in [-0.1, -0.05) is 18.2 Å². The minimum absolute atomic E-state index is 0.0577. The van der Waals surface area contributed by atoms with Crippen LogP contribution in [-0.4, -0.2) is 24.6 Å². The zero-order valence-corrected chi connectivity index (χ0v) is 12.7. The summed E-state index contributed by atoms with van der Waals surface area (Å²) in [5.41, 5.74) is 1.38. The summed E-state index contributed by atoms with van der Waals surface area (Å²) in [6.45, 7) is -0.0577. The molecule has 0 saturated heterocycles. The van der Waals surface area contributed by atoms with E-state index in [-0.39, 0.29) is 12.5 Å². The van der Waals surface area contributed by atoms with E-state index in [1.165, 1.54) is 0 Å². The van der Waals surface area contributed by atoms with Gasteiger partial charge < -0.3 is 14.8 Å². The number of hydrogen-bond acceptors (Lipinski definition) is 4. The quantitative estimate of drug-likeness (QED) is 0.786. The molecule has 3 rings (SSSR count). The van der Waals surface area contributed by atoms with Gasteiger partial charge in [0.15, 0.2) is 6.61 Å². The van der Waals surface area contributed by atoms with Crippen LogP contribution in [-0.2, 0) is 4.79 Å². The van der Waals surface area contributed by atoms with Gasteiger partial charge >= 0.3 is 0 Å². The van der Waals surface area contributed by atoms with E-state index in [1.807, 2.05) is 30.3 Å². The van der Waals surface area contributed by atoms with Crippen LogP contribution in [0.4, 0.5) is 5.69 Å². The molecule has 2 aromatic carbocycles. The van der Waals surface area contributed by atoms with Gasteiger partial charge in [-0.2, -0.15) is 0 Å². The molecule has 0 aliphatic rings. The van der Waals surface area contributed by atoms with Crippen LogP contribution in [0.2, 0.25) is 0 Å². The molecule has 0 spiro atoms. The minimum atomic E-state index is -0.232. The molecule has 1 amide bonds. The highest BCUT2D eigenvalue weighted by Crippen LogP contribution is 2.29. The number of carbonyl (C=O) groups excluding carboxylic acids is 1. The van der Waals surface area contributed by atoms with Crippen molar-refractivity contribution in [3.8, 4) is 11.5 Å². The van der Waals surface area contributed by atoms with E-state index in [1.54, 1.807) is 37.6 Å². The first-order chi connectivity index (χ1) is 11.3. The number of nitrogens with one attached hydrogen (secondary N) is 1. The first-order valence-corrected chi connectivity index (χ1v) is 7.17. The molecule has 0 aliphatic carbocycles. The van der Waals surface area contributed by atoms with Gasteiger partial charge in [-0.05, 0) is 36.4 Å². The molecule has 0 saturated carbocycles. The van der Waals surface area contributed by atoms with Crippen molar-refractivity contribution in [1.29, 1.82) is 0 Å². The zero-order chi connectivity index (χ0) is 16.1. The first kappa shape index (κ1) is 14.8. The van der Waals surface area contributed by atoms with Crippen molar-refractivity contribution >= 4 is 22.5 Å². The molecule has 1 heterocycles. The second kappa shape index (κ2) is 6.79. The van der Waals surface area contributed by atoms with Gasteiger partial charge in [0, 0.05) is 11.6 Å². The maximum absolute atomic E-state index is 12.1. The number of carbonyl (C=O) groups is 1. The van der Waals surface area contributed by atoms with Crippen molar-refractivity contribution in [1.82, 2.24) is 4.98 Å². The van der Waals surface area contributed by atoms with Crippen LogP contribution in [0.5, 0.6) is 11.5 Å². The Morgan fingerprint density at radius 2 is 1.91 bits per heavy atom. The fraction of sp³-hybridized carbons (Fsp3) is 0.111. The van der Waals surface area contributed by atoms with Gasteiger partial charge in [-0.25, -0.2) is 0 Å². The second-order valence-electron chi connectivity index (χ2n) is 4.86. The number of amides is 1. The Kier molecular flexibility index (Phi) is 4.38. The SMILES string of the molecule is COc1ccc(NC(=O)COc2ccccc2)c2cccnc12. The van der Waals surface area contributed by atoms with Crippen LogP contribution < -0.4 is 14.8 Å². The van der Waals surface area contributed by atoms with Gasteiger partial charge in [0.2, 0.25) is 0 Å². The van der Waals surface area contributed by atoms with Crippen molar-refractivity contribution in [3.05, 3.63) is 60.8 Å². The molecule has 0 aliphatic heterocycles. The number of aromatic nitrogens is 1. The third-order valence-corrected chi connectivity index (χ3v) is 3.34. The molecule has 0 radical (unpaired) electrons. The summed E-state index contributed by atoms with van der Waals surface area (Å²) in [7, 11) is 1.59. The first-order valence-electron chi connectivity index (χ1n) is 7.17. The Labute approximate surface area is 133 Å². The topological polar surface area (TPSA) is 60.5 Å². The van der Waals surface area contributed by atoms with Crippen molar-refractivity contribution in [2.45, 2.75) is 0 Å². The van der Waals surface area contributed by atoms with Crippen LogP contribution in [0.3, 0.4) is 0 Å². The summed E-state index contributed by atoms with van der Waals surface area (Å²) in [6, 6.07) is 16.5. The Bertz CT molecular complexity index is 819. The predicted molar refractivity (Wildman–Crippen MR) is 88.9 cm³/mol. The van der Waals surface area contributed by atoms with Crippen LogP contribution in [0.1, 0.15) is 0 Å². The van der Waals surface area contributed by atoms with E-state index >= 15 is 0 Å². The molecule has 1 aromatic heterocycles. The number of anilines is 1. The monoisotopic (exact) mass is 308 g/mol. The lowest BCUT2D eigenvalue weighted by atomic mass is 10.1. The molecule has 5 nitrogen and oxygen atoms in total. The highest BCUT2D eigenvalue weighted by Gasteiger charge is 2.10. The summed E-state index contributed by atoms with van der Waals surface area (Å²) < 4.78 is 10.7. The smallest absolute Gasteiger partial charge is 0.262 e. The lowest BCUT2D eigenvalue weighted by Gasteiger charge is -2.11. The van der Waals surface area contributed by atoms with Crippen LogP contribution in [0.25, 0.3) is 10.9 Å². The summed E-state index contributed by atoms with van der Waals surface area (Å²) in [4.78, 5) is 16.4. The Balaban J connectivity index is 1.75. The molecule has 0 fully saturated rings. The van der Waals surface area contributed by atoms with Gasteiger partial charge in [-0.3, -0.25) is 9.78 Å². The standard InChI is InChI=1S/C18H16N2O3/c1-22-16-10-9-15(14-8-5-11-19-18(14)16)20-17(21)12-23-13-6-3-2-4-7-13/h2-11H,12H2,1H3,(H,20,21). The number of methoxy groups -OCH3 is 1. The van der Waals surface area contributed by atoms with Gasteiger partial charge in [0.05, 0.1) is 12.8 Å². The number of rotatable bonds is 5. The van der Waals surface area contributed by atoms with Crippen molar-refractivity contribution < 1.29 is 14.3 Å². The lowest BCUT2D eigenvalue weighted by Crippen LogP contribution is -2.20. The molecule has 3 aromatic rings. The molecule has 0 bridgehead atoms. The van der Waals surface area contributed by atoms with Gasteiger partial charge in [-0.15, -0.1) is 0 Å². The highest BCUT2D eigenvalue weighted by molar-refractivity contribution is 6.03. The number of nitrogens with zero attached hydrogens (tertiary/aromatic N) is 1. The van der Waals surface area contributed by atoms with Crippen LogP contribution >= 0.6 is 0 Å². The average Bonchev–Trinajstić information content (AvgIpc) is 2.61. The van der Waals surface area contributed by atoms with Gasteiger partial charge in [0.25, 0.3) is 5.91 Å². The summed E-state index contributed by atoms with van der Waals surface area (Å²) in [6.07, 6.45) is 1.69. The minimum Gasteiger partial charge on any atom is -0.494 e. The lowest BCUT2D eigenvalue weighted by molar-refractivity contribution is -0.118. The number of pyridine rings is 1. The number of fused-ring (bicyclic) bond motifs is 1. The molecule has 116 valence electrons. The Morgan fingerprint density at radius 1 is 1.09 bits per heavy atom. The zero-order valence-electron chi connectivity index (χ0n) is 12.7. The van der Waals surface area contributed by atoms with E-state index in [2.05, 4.69) is 10.3 Å². The van der Waals surface area contributed by atoms with Crippen molar-refractivity contribution in [2.75, 3.05) is 19.0 Å². The highest BCUT2D eigenvalue weighted by atomic mass is 16.5. The van der Waals surface area contributed by atoms with Crippen molar-refractivity contribution in [3.63, 3.8) is 0 Å². The summed E-state index contributed by atoms with van der Waals surface area (Å²) >= 11 is 0. The molecular weight excluding hydrogens is 292 g/mol. The maximum Gasteiger partial charge on any atom is 0.262 e. The number of benzene rings is 2. The van der Waals surface area contributed by atoms with E-state index in [0.29, 0.717) is 22.7 Å². The Hall–Kier alpha value is -3.08. The van der Waals surface area contributed by atoms with Gasteiger partial charge in [0.1, 0.15) is 17.0 Å². The molecule has 23 heavy (non-hydrogen) atoms. The Morgan fingerprint density at radius 3 is 2.70 bits per heavy atom. The van der Waals surface area contributed by atoms with Crippen LogP contribution in [0.15, 0.2) is 60.8 Å².